The molecule has 16 heavy (non-hydrogen) atoms. The zero-order valence-electron chi connectivity index (χ0n) is 7.78. The lowest BCUT2D eigenvalue weighted by atomic mass is 10.4. The monoisotopic (exact) mass is 236 g/mol. The van der Waals surface area contributed by atoms with Crippen molar-refractivity contribution in [2.24, 2.45) is 0 Å². The van der Waals surface area contributed by atoms with Crippen LogP contribution in [0.3, 0.4) is 0 Å². The highest BCUT2D eigenvalue weighted by atomic mass is 16.6. The van der Waals surface area contributed by atoms with Gasteiger partial charge in [0.15, 0.2) is 13.2 Å². The summed E-state index contributed by atoms with van der Waals surface area (Å²) in [6.07, 6.45) is -2.36. The van der Waals surface area contributed by atoms with Crippen molar-refractivity contribution in [2.75, 3.05) is 13.2 Å². The van der Waals surface area contributed by atoms with Gasteiger partial charge in [0.2, 0.25) is 6.10 Å². The molecule has 90 valence electrons. The molecule has 0 aromatic carbocycles. The van der Waals surface area contributed by atoms with Gasteiger partial charge < -0.3 is 24.8 Å². The number of carbonyl (C=O) groups is 4. The number of carboxylic acid groups (broad SMARTS) is 2. The van der Waals surface area contributed by atoms with Crippen LogP contribution in [-0.4, -0.2) is 58.5 Å². The normalized spacial score (nSPS) is 9.62. The van der Waals surface area contributed by atoms with Gasteiger partial charge in [-0.15, -0.1) is 0 Å². The third-order valence-electron chi connectivity index (χ3n) is 1.12. The number of esters is 2. The van der Waals surface area contributed by atoms with Crippen molar-refractivity contribution in [1.29, 1.82) is 0 Å². The van der Waals surface area contributed by atoms with Gasteiger partial charge in [0.25, 0.3) is 0 Å². The molecule has 0 amide bonds. The second kappa shape index (κ2) is 6.35. The number of aliphatic hydroxyl groups is 1. The van der Waals surface area contributed by atoms with Crippen molar-refractivity contribution in [3.63, 3.8) is 0 Å². The Morgan fingerprint density at radius 2 is 1.19 bits per heavy atom. The fraction of sp³-hybridized carbons (Fsp3) is 0.429. The Morgan fingerprint density at radius 3 is 1.44 bits per heavy atom. The summed E-state index contributed by atoms with van der Waals surface area (Å²) in [4.78, 5) is 41.4. The maximum Gasteiger partial charge on any atom is 0.347 e. The molecule has 0 aliphatic rings. The minimum absolute atomic E-state index is 1.03. The van der Waals surface area contributed by atoms with Crippen LogP contribution < -0.4 is 0 Å². The summed E-state index contributed by atoms with van der Waals surface area (Å²) in [5, 5.41) is 25.1. The van der Waals surface area contributed by atoms with E-state index in [1.165, 1.54) is 0 Å². The second-order valence-corrected chi connectivity index (χ2v) is 2.41. The number of aliphatic hydroxyl groups excluding tert-OH is 1. The summed E-state index contributed by atoms with van der Waals surface area (Å²) in [6.45, 7) is -2.05. The average Bonchev–Trinajstić information content (AvgIpc) is 2.21. The van der Waals surface area contributed by atoms with Crippen molar-refractivity contribution in [1.82, 2.24) is 0 Å². The summed E-state index contributed by atoms with van der Waals surface area (Å²) in [6, 6.07) is 0. The summed E-state index contributed by atoms with van der Waals surface area (Å²) in [5.74, 6) is -6.01. The zero-order valence-corrected chi connectivity index (χ0v) is 7.78. The van der Waals surface area contributed by atoms with Gasteiger partial charge in [-0.1, -0.05) is 0 Å². The lowest BCUT2D eigenvalue weighted by Gasteiger charge is -2.07. The molecule has 0 atom stereocenters. The van der Waals surface area contributed by atoms with Crippen LogP contribution >= 0.6 is 0 Å². The van der Waals surface area contributed by atoms with Crippen LogP contribution in [0.4, 0.5) is 0 Å². The average molecular weight is 236 g/mol. The Labute approximate surface area is 88.2 Å². The fourth-order valence-corrected chi connectivity index (χ4v) is 0.520. The number of aliphatic carboxylic acids is 2. The van der Waals surface area contributed by atoms with Gasteiger partial charge in [0, 0.05) is 0 Å². The Morgan fingerprint density at radius 1 is 0.875 bits per heavy atom. The van der Waals surface area contributed by atoms with Crippen LogP contribution in [0.1, 0.15) is 0 Å². The van der Waals surface area contributed by atoms with Gasteiger partial charge in [-0.3, -0.25) is 0 Å². The van der Waals surface area contributed by atoms with Crippen LogP contribution in [0, 0.1) is 0 Å². The van der Waals surface area contributed by atoms with E-state index in [1.54, 1.807) is 0 Å². The van der Waals surface area contributed by atoms with Crippen molar-refractivity contribution < 1.29 is 44.0 Å². The molecular weight excluding hydrogens is 228 g/mol. The Bertz CT molecular complexity index is 277. The minimum atomic E-state index is -2.36. The molecule has 0 aromatic heterocycles. The van der Waals surface area contributed by atoms with Gasteiger partial charge in [-0.25, -0.2) is 19.2 Å². The van der Waals surface area contributed by atoms with Gasteiger partial charge in [0.05, 0.1) is 0 Å². The van der Waals surface area contributed by atoms with Crippen LogP contribution in [-0.2, 0) is 28.7 Å². The topological polar surface area (TPSA) is 147 Å². The third-order valence-corrected chi connectivity index (χ3v) is 1.12. The van der Waals surface area contributed by atoms with E-state index < -0.39 is 43.2 Å². The third kappa shape index (κ3) is 5.54. The number of hydrogen-bond donors (Lipinski definition) is 3. The highest BCUT2D eigenvalue weighted by molar-refractivity contribution is 5.98. The van der Waals surface area contributed by atoms with Crippen LogP contribution in [0.2, 0.25) is 0 Å². The molecule has 0 bridgehead atoms. The second-order valence-electron chi connectivity index (χ2n) is 2.41. The Kier molecular flexibility index (Phi) is 5.49. The molecular formula is C7H8O9. The molecule has 0 saturated carbocycles. The van der Waals surface area contributed by atoms with E-state index in [9.17, 15) is 19.2 Å². The van der Waals surface area contributed by atoms with Gasteiger partial charge in [-0.2, -0.15) is 0 Å². The molecule has 3 N–H and O–H groups in total. The number of carbonyl (C=O) groups excluding carboxylic acids is 2. The molecule has 0 radical (unpaired) electrons. The summed E-state index contributed by atoms with van der Waals surface area (Å²) < 4.78 is 7.91. The van der Waals surface area contributed by atoms with Crippen molar-refractivity contribution in [3.8, 4) is 0 Å². The summed E-state index contributed by atoms with van der Waals surface area (Å²) >= 11 is 0. The molecule has 0 spiro atoms. The molecule has 0 fully saturated rings. The quantitative estimate of drug-likeness (QED) is 0.339. The van der Waals surface area contributed by atoms with E-state index in [0.717, 1.165) is 0 Å². The minimum Gasteiger partial charge on any atom is -0.479 e. The van der Waals surface area contributed by atoms with Gasteiger partial charge in [-0.05, 0) is 0 Å². The Hall–Kier alpha value is -2.16. The van der Waals surface area contributed by atoms with E-state index in [2.05, 4.69) is 9.47 Å². The lowest BCUT2D eigenvalue weighted by molar-refractivity contribution is -0.174. The zero-order chi connectivity index (χ0) is 12.7. The maximum absolute atomic E-state index is 10.7. The first kappa shape index (κ1) is 13.8. The van der Waals surface area contributed by atoms with Gasteiger partial charge in [0.1, 0.15) is 0 Å². The standard InChI is InChI=1S/C7H8O9/c8-3(9)1-15-6(13)5(12)7(14)16-2-4(10)11/h5,12H,1-2H2,(H,8,9)(H,10,11). The van der Waals surface area contributed by atoms with Crippen molar-refractivity contribution in [3.05, 3.63) is 0 Å². The Balaban J connectivity index is 4.06. The van der Waals surface area contributed by atoms with E-state index in [0.29, 0.717) is 0 Å². The molecule has 0 aromatic rings. The SMILES string of the molecule is O=C(O)COC(=O)C(O)C(=O)OCC(=O)O. The first-order valence-electron chi connectivity index (χ1n) is 3.79. The van der Waals surface area contributed by atoms with E-state index in [1.807, 2.05) is 0 Å². The molecule has 0 aliphatic carbocycles. The molecule has 9 heteroatoms. The smallest absolute Gasteiger partial charge is 0.347 e. The van der Waals surface area contributed by atoms with Crippen LogP contribution in [0.15, 0.2) is 0 Å². The van der Waals surface area contributed by atoms with E-state index >= 15 is 0 Å². The first-order chi connectivity index (χ1) is 7.34. The molecule has 0 saturated heterocycles. The van der Waals surface area contributed by atoms with Crippen molar-refractivity contribution >= 4 is 23.9 Å². The fourth-order valence-electron chi connectivity index (χ4n) is 0.520. The summed E-state index contributed by atoms with van der Waals surface area (Å²) in [7, 11) is 0. The van der Waals surface area contributed by atoms with E-state index in [-0.39, 0.29) is 0 Å². The molecule has 0 rings (SSSR count). The first-order valence-corrected chi connectivity index (χ1v) is 3.79. The van der Waals surface area contributed by atoms with E-state index in [4.69, 9.17) is 15.3 Å². The molecule has 0 unspecified atom stereocenters. The number of rotatable bonds is 6. The molecule has 0 aliphatic heterocycles. The number of carboxylic acids is 2. The highest BCUT2D eigenvalue weighted by Gasteiger charge is 2.28. The maximum atomic E-state index is 10.7. The highest BCUT2D eigenvalue weighted by Crippen LogP contribution is 1.93. The predicted octanol–water partition coefficient (Wildman–Crippen LogP) is -2.40. The molecule has 9 nitrogen and oxygen atoms in total. The molecule has 0 heterocycles. The lowest BCUT2D eigenvalue weighted by Crippen LogP contribution is -2.35. The van der Waals surface area contributed by atoms with Crippen LogP contribution in [0.25, 0.3) is 0 Å². The van der Waals surface area contributed by atoms with Crippen LogP contribution in [0.5, 0.6) is 0 Å². The van der Waals surface area contributed by atoms with Crippen molar-refractivity contribution in [2.45, 2.75) is 6.10 Å². The number of hydrogen-bond acceptors (Lipinski definition) is 7. The largest absolute Gasteiger partial charge is 0.479 e. The van der Waals surface area contributed by atoms with Gasteiger partial charge >= 0.3 is 23.9 Å². The number of ether oxygens (including phenoxy) is 2. The summed E-state index contributed by atoms with van der Waals surface area (Å²) in [5.41, 5.74) is 0. The predicted molar refractivity (Wildman–Crippen MR) is 43.2 cm³/mol.